The second-order valence-corrected chi connectivity index (χ2v) is 6.39. The molecule has 1 saturated heterocycles. The lowest BCUT2D eigenvalue weighted by atomic mass is 10.1. The zero-order valence-corrected chi connectivity index (χ0v) is 13.4. The first-order valence-electron chi connectivity index (χ1n) is 7.34. The van der Waals surface area contributed by atoms with Crippen LogP contribution in [0, 0.1) is 24.7 Å². The molecule has 1 unspecified atom stereocenters. The van der Waals surface area contributed by atoms with Crippen LogP contribution in [-0.4, -0.2) is 48.7 Å². The standard InChI is InChI=1S/C16H22N2O2S/c1-3-18-7-6-13(11-18)10-17-16(20)15-9-12(2)14(21-15)5-4-8-19/h9,13,19H,3,6-8,10-11H2,1-2H3,(H,17,20). The van der Waals surface area contributed by atoms with Gasteiger partial charge in [0.15, 0.2) is 0 Å². The molecule has 1 aromatic rings. The summed E-state index contributed by atoms with van der Waals surface area (Å²) in [6, 6.07) is 1.87. The fourth-order valence-corrected chi connectivity index (χ4v) is 3.49. The third-order valence-corrected chi connectivity index (χ3v) is 4.94. The van der Waals surface area contributed by atoms with Gasteiger partial charge in [-0.1, -0.05) is 18.8 Å². The van der Waals surface area contributed by atoms with Crippen molar-refractivity contribution >= 4 is 17.2 Å². The molecule has 5 heteroatoms. The van der Waals surface area contributed by atoms with E-state index in [0.717, 1.165) is 43.0 Å². The van der Waals surface area contributed by atoms with E-state index in [1.54, 1.807) is 0 Å². The van der Waals surface area contributed by atoms with Crippen molar-refractivity contribution in [3.63, 3.8) is 0 Å². The van der Waals surface area contributed by atoms with Gasteiger partial charge >= 0.3 is 0 Å². The van der Waals surface area contributed by atoms with E-state index in [0.29, 0.717) is 10.8 Å². The number of amides is 1. The van der Waals surface area contributed by atoms with Crippen molar-refractivity contribution in [2.24, 2.45) is 5.92 Å². The number of aryl methyl sites for hydroxylation is 1. The van der Waals surface area contributed by atoms with Gasteiger partial charge in [0, 0.05) is 13.1 Å². The molecule has 4 nitrogen and oxygen atoms in total. The Hall–Kier alpha value is -1.35. The summed E-state index contributed by atoms with van der Waals surface area (Å²) in [6.45, 7) is 7.98. The highest BCUT2D eigenvalue weighted by Crippen LogP contribution is 2.21. The van der Waals surface area contributed by atoms with Crippen molar-refractivity contribution in [1.82, 2.24) is 10.2 Å². The van der Waals surface area contributed by atoms with Crippen LogP contribution in [0.25, 0.3) is 0 Å². The molecule has 0 aliphatic carbocycles. The van der Waals surface area contributed by atoms with Gasteiger partial charge in [-0.05, 0) is 44.0 Å². The fourth-order valence-electron chi connectivity index (χ4n) is 2.53. The van der Waals surface area contributed by atoms with Crippen LogP contribution in [0.5, 0.6) is 0 Å². The Kier molecular flexibility index (Phi) is 5.80. The Bertz CT molecular complexity index is 556. The van der Waals surface area contributed by atoms with Crippen molar-refractivity contribution in [2.75, 3.05) is 32.8 Å². The summed E-state index contributed by atoms with van der Waals surface area (Å²) in [5, 5.41) is 11.8. The van der Waals surface area contributed by atoms with Crippen LogP contribution in [-0.2, 0) is 0 Å². The van der Waals surface area contributed by atoms with E-state index in [2.05, 4.69) is 29.0 Å². The lowest BCUT2D eigenvalue weighted by Crippen LogP contribution is -2.30. The Labute approximate surface area is 130 Å². The topological polar surface area (TPSA) is 52.6 Å². The lowest BCUT2D eigenvalue weighted by molar-refractivity contribution is 0.0951. The first kappa shape index (κ1) is 16.0. The van der Waals surface area contributed by atoms with E-state index in [4.69, 9.17) is 5.11 Å². The molecule has 21 heavy (non-hydrogen) atoms. The minimum absolute atomic E-state index is 0.0184. The summed E-state index contributed by atoms with van der Waals surface area (Å²) < 4.78 is 0. The number of rotatable bonds is 4. The third kappa shape index (κ3) is 4.31. The van der Waals surface area contributed by atoms with Crippen molar-refractivity contribution in [1.29, 1.82) is 0 Å². The highest BCUT2D eigenvalue weighted by Gasteiger charge is 2.22. The van der Waals surface area contributed by atoms with Crippen LogP contribution in [0.4, 0.5) is 0 Å². The molecule has 1 aromatic heterocycles. The molecular formula is C16H22N2O2S. The number of hydrogen-bond donors (Lipinski definition) is 2. The predicted molar refractivity (Wildman–Crippen MR) is 85.6 cm³/mol. The summed E-state index contributed by atoms with van der Waals surface area (Å²) in [5.41, 5.74) is 0.990. The van der Waals surface area contributed by atoms with Gasteiger partial charge < -0.3 is 15.3 Å². The van der Waals surface area contributed by atoms with Crippen LogP contribution >= 0.6 is 11.3 Å². The number of nitrogens with one attached hydrogen (secondary N) is 1. The van der Waals surface area contributed by atoms with Gasteiger partial charge in [-0.15, -0.1) is 11.3 Å². The molecule has 1 aliphatic rings. The second-order valence-electron chi connectivity index (χ2n) is 5.34. The van der Waals surface area contributed by atoms with Crippen molar-refractivity contribution in [3.05, 3.63) is 21.4 Å². The zero-order chi connectivity index (χ0) is 15.2. The Morgan fingerprint density at radius 3 is 3.10 bits per heavy atom. The number of hydrogen-bond acceptors (Lipinski definition) is 4. The maximum atomic E-state index is 12.2. The molecule has 2 rings (SSSR count). The molecule has 0 aromatic carbocycles. The molecule has 0 bridgehead atoms. The molecule has 114 valence electrons. The molecule has 2 N–H and O–H groups in total. The van der Waals surface area contributed by atoms with Crippen LogP contribution < -0.4 is 5.32 Å². The monoisotopic (exact) mass is 306 g/mol. The molecule has 1 aliphatic heterocycles. The number of carbonyl (C=O) groups is 1. The largest absolute Gasteiger partial charge is 0.384 e. The van der Waals surface area contributed by atoms with E-state index in [1.165, 1.54) is 11.3 Å². The quantitative estimate of drug-likeness (QED) is 0.828. The highest BCUT2D eigenvalue weighted by molar-refractivity contribution is 7.14. The third-order valence-electron chi connectivity index (χ3n) is 3.79. The zero-order valence-electron chi connectivity index (χ0n) is 12.6. The number of nitrogens with zero attached hydrogens (tertiary/aromatic N) is 1. The van der Waals surface area contributed by atoms with E-state index in [9.17, 15) is 4.79 Å². The van der Waals surface area contributed by atoms with Crippen LogP contribution in [0.1, 0.15) is 33.5 Å². The van der Waals surface area contributed by atoms with E-state index in [1.807, 2.05) is 13.0 Å². The summed E-state index contributed by atoms with van der Waals surface area (Å²) in [6.07, 6.45) is 1.16. The first-order chi connectivity index (χ1) is 10.1. The molecular weight excluding hydrogens is 284 g/mol. The SMILES string of the molecule is CCN1CCC(CNC(=O)c2cc(C)c(C#CCO)s2)C1. The van der Waals surface area contributed by atoms with Crippen LogP contribution in [0.15, 0.2) is 6.07 Å². The summed E-state index contributed by atoms with van der Waals surface area (Å²) in [7, 11) is 0. The van der Waals surface area contributed by atoms with Crippen LogP contribution in [0.3, 0.4) is 0 Å². The van der Waals surface area contributed by atoms with Gasteiger partial charge in [-0.25, -0.2) is 0 Å². The smallest absolute Gasteiger partial charge is 0.261 e. The van der Waals surface area contributed by atoms with E-state index >= 15 is 0 Å². The number of aliphatic hydroxyl groups excluding tert-OH is 1. The number of carbonyl (C=O) groups excluding carboxylic acids is 1. The highest BCUT2D eigenvalue weighted by atomic mass is 32.1. The van der Waals surface area contributed by atoms with Gasteiger partial charge in [-0.3, -0.25) is 4.79 Å². The van der Waals surface area contributed by atoms with Gasteiger partial charge in [0.25, 0.3) is 5.91 Å². The summed E-state index contributed by atoms with van der Waals surface area (Å²) in [4.78, 5) is 16.1. The molecule has 1 atom stereocenters. The second kappa shape index (κ2) is 7.60. The van der Waals surface area contributed by atoms with Crippen molar-refractivity contribution < 1.29 is 9.90 Å². The maximum Gasteiger partial charge on any atom is 0.261 e. The average molecular weight is 306 g/mol. The Morgan fingerprint density at radius 2 is 2.43 bits per heavy atom. The first-order valence-corrected chi connectivity index (χ1v) is 8.16. The molecule has 0 saturated carbocycles. The van der Waals surface area contributed by atoms with Gasteiger partial charge in [0.2, 0.25) is 0 Å². The predicted octanol–water partition coefficient (Wildman–Crippen LogP) is 1.47. The molecule has 1 fully saturated rings. The summed E-state index contributed by atoms with van der Waals surface area (Å²) >= 11 is 1.39. The van der Waals surface area contributed by atoms with Gasteiger partial charge in [-0.2, -0.15) is 0 Å². The molecule has 2 heterocycles. The van der Waals surface area contributed by atoms with Crippen molar-refractivity contribution in [3.8, 4) is 11.8 Å². The number of thiophene rings is 1. The van der Waals surface area contributed by atoms with Crippen molar-refractivity contribution in [2.45, 2.75) is 20.3 Å². The van der Waals surface area contributed by atoms with Gasteiger partial charge in [0.05, 0.1) is 9.75 Å². The fraction of sp³-hybridized carbons (Fsp3) is 0.562. The van der Waals surface area contributed by atoms with E-state index < -0.39 is 0 Å². The Balaban J connectivity index is 1.89. The maximum absolute atomic E-state index is 12.2. The minimum atomic E-state index is -0.158. The van der Waals surface area contributed by atoms with Gasteiger partial charge in [0.1, 0.15) is 6.61 Å². The number of aliphatic hydroxyl groups is 1. The Morgan fingerprint density at radius 1 is 1.62 bits per heavy atom. The van der Waals surface area contributed by atoms with Crippen LogP contribution in [0.2, 0.25) is 0 Å². The van der Waals surface area contributed by atoms with E-state index in [-0.39, 0.29) is 12.5 Å². The molecule has 0 spiro atoms. The normalized spacial score (nSPS) is 18.3. The number of likely N-dealkylation sites (tertiary alicyclic amines) is 1. The average Bonchev–Trinajstić information content (AvgIpc) is 3.09. The molecule has 1 amide bonds. The lowest BCUT2D eigenvalue weighted by Gasteiger charge is -2.13. The minimum Gasteiger partial charge on any atom is -0.384 e. The molecule has 0 radical (unpaired) electrons. The summed E-state index contributed by atoms with van der Waals surface area (Å²) in [5.74, 6) is 6.05.